The van der Waals surface area contributed by atoms with Gasteiger partial charge in [-0.15, -0.1) is 0 Å². The van der Waals surface area contributed by atoms with Crippen LogP contribution < -0.4 is 0 Å². The van der Waals surface area contributed by atoms with Gasteiger partial charge in [0.1, 0.15) is 5.60 Å². The lowest BCUT2D eigenvalue weighted by Crippen LogP contribution is -2.28. The second-order valence-corrected chi connectivity index (χ2v) is 6.01. The van der Waals surface area contributed by atoms with Gasteiger partial charge in [0.15, 0.2) is 0 Å². The van der Waals surface area contributed by atoms with Crippen LogP contribution in [-0.4, -0.2) is 5.97 Å². The van der Waals surface area contributed by atoms with Crippen molar-refractivity contribution in [1.29, 1.82) is 0 Å². The van der Waals surface area contributed by atoms with Crippen molar-refractivity contribution in [2.24, 2.45) is 0 Å². The lowest BCUT2D eigenvalue weighted by molar-refractivity contribution is -0.154. The largest absolute Gasteiger partial charge is 0.451 e. The van der Waals surface area contributed by atoms with Crippen LogP contribution in [0.15, 0.2) is 36.4 Å². The number of esters is 1. The predicted octanol–water partition coefficient (Wildman–Crippen LogP) is 3.70. The van der Waals surface area contributed by atoms with E-state index in [2.05, 4.69) is 32.6 Å². The second-order valence-electron chi connectivity index (χ2n) is 6.01. The van der Waals surface area contributed by atoms with Crippen molar-refractivity contribution >= 4 is 5.97 Å². The highest BCUT2D eigenvalue weighted by atomic mass is 16.6. The van der Waals surface area contributed by atoms with Crippen LogP contribution in [0.4, 0.5) is 0 Å². The van der Waals surface area contributed by atoms with Gasteiger partial charge in [-0.2, -0.15) is 0 Å². The minimum atomic E-state index is -0.546. The van der Waals surface area contributed by atoms with E-state index in [9.17, 15) is 4.79 Å². The third-order valence-electron chi connectivity index (χ3n) is 3.67. The first-order chi connectivity index (χ1) is 8.26. The van der Waals surface area contributed by atoms with Crippen molar-refractivity contribution in [3.8, 4) is 0 Å². The van der Waals surface area contributed by atoms with E-state index in [4.69, 9.17) is 4.74 Å². The molecular weight excluding hydrogens is 224 g/mol. The lowest BCUT2D eigenvalue weighted by Gasteiger charge is -2.27. The third kappa shape index (κ3) is 1.96. The van der Waals surface area contributed by atoms with Crippen molar-refractivity contribution in [2.45, 2.75) is 45.1 Å². The van der Waals surface area contributed by atoms with Crippen molar-refractivity contribution in [3.63, 3.8) is 0 Å². The van der Waals surface area contributed by atoms with Crippen molar-refractivity contribution in [1.82, 2.24) is 0 Å². The Morgan fingerprint density at radius 3 is 2.33 bits per heavy atom. The van der Waals surface area contributed by atoms with Crippen LogP contribution in [0.1, 0.15) is 45.2 Å². The summed E-state index contributed by atoms with van der Waals surface area (Å²) in [5.41, 5.74) is 2.31. The molecule has 1 atom stereocenters. The van der Waals surface area contributed by atoms with Crippen molar-refractivity contribution < 1.29 is 9.53 Å². The van der Waals surface area contributed by atoms with E-state index in [1.807, 2.05) is 19.1 Å². The summed E-state index contributed by atoms with van der Waals surface area (Å²) < 4.78 is 5.68. The van der Waals surface area contributed by atoms with Crippen LogP contribution in [0.2, 0.25) is 0 Å². The van der Waals surface area contributed by atoms with Crippen LogP contribution in [0.3, 0.4) is 0 Å². The molecule has 0 saturated carbocycles. The van der Waals surface area contributed by atoms with Crippen LogP contribution in [-0.2, 0) is 20.5 Å². The van der Waals surface area contributed by atoms with Gasteiger partial charge in [0.05, 0.1) is 0 Å². The van der Waals surface area contributed by atoms with E-state index >= 15 is 0 Å². The van der Waals surface area contributed by atoms with E-state index in [0.29, 0.717) is 5.57 Å². The molecule has 0 N–H and O–H groups in total. The minimum Gasteiger partial charge on any atom is -0.451 e. The van der Waals surface area contributed by atoms with Gasteiger partial charge >= 0.3 is 5.97 Å². The Hall–Kier alpha value is -1.57. The summed E-state index contributed by atoms with van der Waals surface area (Å²) in [4.78, 5) is 11.8. The predicted molar refractivity (Wildman–Crippen MR) is 72.3 cm³/mol. The number of ether oxygens (including phenoxy) is 1. The highest BCUT2D eigenvalue weighted by molar-refractivity contribution is 5.87. The molecule has 0 aromatic heterocycles. The molecule has 0 saturated heterocycles. The Morgan fingerprint density at radius 1 is 1.22 bits per heavy atom. The third-order valence-corrected chi connectivity index (χ3v) is 3.67. The fourth-order valence-corrected chi connectivity index (χ4v) is 2.95. The first-order valence-electron chi connectivity index (χ1n) is 6.25. The Morgan fingerprint density at radius 2 is 1.78 bits per heavy atom. The molecule has 0 amide bonds. The first-order valence-corrected chi connectivity index (χ1v) is 6.25. The molecule has 2 nitrogen and oxygen atoms in total. The number of hydrogen-bond acceptors (Lipinski definition) is 2. The minimum absolute atomic E-state index is 0.0285. The summed E-state index contributed by atoms with van der Waals surface area (Å²) in [6.07, 6.45) is 0.804. The van der Waals surface area contributed by atoms with Gasteiger partial charge in [-0.05, 0) is 30.4 Å². The van der Waals surface area contributed by atoms with Gasteiger partial charge in [-0.3, -0.25) is 0 Å². The Bertz CT molecular complexity index is 514. The van der Waals surface area contributed by atoms with Crippen molar-refractivity contribution in [2.75, 3.05) is 0 Å². The van der Waals surface area contributed by atoms with E-state index in [1.54, 1.807) is 6.92 Å². The van der Waals surface area contributed by atoms with Crippen molar-refractivity contribution in [3.05, 3.63) is 47.5 Å². The molecule has 1 aliphatic carbocycles. The van der Waals surface area contributed by atoms with Gasteiger partial charge in [0.25, 0.3) is 0 Å². The normalized spacial score (nSPS) is 24.4. The quantitative estimate of drug-likeness (QED) is 0.585. The maximum atomic E-state index is 11.8. The molecule has 2 rings (SSSR count). The molecule has 0 fully saturated rings. The van der Waals surface area contributed by atoms with Gasteiger partial charge in [-0.1, -0.05) is 44.7 Å². The van der Waals surface area contributed by atoms with E-state index in [1.165, 1.54) is 5.56 Å². The molecule has 1 aromatic rings. The molecule has 0 aliphatic heterocycles. The Balaban J connectivity index is 2.43. The van der Waals surface area contributed by atoms with E-state index < -0.39 is 5.60 Å². The summed E-state index contributed by atoms with van der Waals surface area (Å²) >= 11 is 0. The molecule has 1 aliphatic rings. The fraction of sp³-hybridized carbons (Fsp3) is 0.438. The van der Waals surface area contributed by atoms with Crippen LogP contribution >= 0.6 is 0 Å². The molecule has 0 radical (unpaired) electrons. The van der Waals surface area contributed by atoms with Gasteiger partial charge in [0.2, 0.25) is 0 Å². The molecule has 18 heavy (non-hydrogen) atoms. The maximum Gasteiger partial charge on any atom is 0.333 e. The summed E-state index contributed by atoms with van der Waals surface area (Å²) in [7, 11) is 0. The number of rotatable bonds is 2. The number of carbonyl (C=O) groups excluding carboxylic acids is 1. The monoisotopic (exact) mass is 244 g/mol. The topological polar surface area (TPSA) is 26.3 Å². The number of carbonyl (C=O) groups is 1. The Labute approximate surface area is 109 Å². The molecule has 1 unspecified atom stereocenters. The first kappa shape index (κ1) is 12.9. The maximum absolute atomic E-state index is 11.8. The zero-order valence-electron chi connectivity index (χ0n) is 11.5. The SMILES string of the molecule is C=C(C)C(=O)OC1(C)CC(C)(C)c2ccccc21. The number of fused-ring (bicyclic) bond motifs is 1. The highest BCUT2D eigenvalue weighted by Crippen LogP contribution is 2.50. The van der Waals surface area contributed by atoms with Gasteiger partial charge in [0, 0.05) is 12.0 Å². The molecule has 1 aromatic carbocycles. The summed E-state index contributed by atoms with van der Waals surface area (Å²) in [5.74, 6) is -0.315. The van der Waals surface area contributed by atoms with E-state index in [-0.39, 0.29) is 11.4 Å². The standard InChI is InChI=1S/C16H20O2/c1-11(2)14(17)18-16(5)10-15(3,4)12-8-6-7-9-13(12)16/h6-9H,1,10H2,2-5H3. The summed E-state index contributed by atoms with van der Waals surface area (Å²) in [6, 6.07) is 8.20. The van der Waals surface area contributed by atoms with Crippen LogP contribution in [0, 0.1) is 0 Å². The lowest BCUT2D eigenvalue weighted by atomic mass is 9.85. The number of benzene rings is 1. The average molecular weight is 244 g/mol. The fourth-order valence-electron chi connectivity index (χ4n) is 2.95. The molecule has 0 heterocycles. The van der Waals surface area contributed by atoms with Crippen LogP contribution in [0.25, 0.3) is 0 Å². The smallest absolute Gasteiger partial charge is 0.333 e. The zero-order valence-corrected chi connectivity index (χ0v) is 11.5. The molecule has 2 heteroatoms. The second kappa shape index (κ2) is 3.98. The molecule has 0 bridgehead atoms. The molecular formula is C16H20O2. The number of hydrogen-bond donors (Lipinski definition) is 0. The average Bonchev–Trinajstić information content (AvgIpc) is 2.47. The molecule has 0 spiro atoms. The molecule has 96 valence electrons. The Kier molecular flexibility index (Phi) is 2.84. The highest BCUT2D eigenvalue weighted by Gasteiger charge is 2.47. The van der Waals surface area contributed by atoms with Gasteiger partial charge < -0.3 is 4.74 Å². The van der Waals surface area contributed by atoms with Gasteiger partial charge in [-0.25, -0.2) is 4.79 Å². The van der Waals surface area contributed by atoms with Crippen LogP contribution in [0.5, 0.6) is 0 Å². The summed E-state index contributed by atoms with van der Waals surface area (Å²) in [6.45, 7) is 11.7. The zero-order chi connectivity index (χ0) is 13.6. The summed E-state index contributed by atoms with van der Waals surface area (Å²) in [5, 5.41) is 0. The van der Waals surface area contributed by atoms with E-state index in [0.717, 1.165) is 12.0 Å².